The van der Waals surface area contributed by atoms with Crippen molar-refractivity contribution < 1.29 is 18.9 Å². The number of pyridine rings is 2. The fourth-order valence-corrected chi connectivity index (χ4v) is 4.52. The Hall–Kier alpha value is -1.86. The summed E-state index contributed by atoms with van der Waals surface area (Å²) in [6.07, 6.45) is 16.9. The largest absolute Gasteiger partial charge is 0.353 e. The van der Waals surface area contributed by atoms with E-state index < -0.39 is 0 Å². The third-order valence-electron chi connectivity index (χ3n) is 6.51. The molecule has 2 aliphatic rings. The van der Waals surface area contributed by atoms with Gasteiger partial charge in [0.05, 0.1) is 11.4 Å². The summed E-state index contributed by atoms with van der Waals surface area (Å²) in [5, 5.41) is 0. The van der Waals surface area contributed by atoms with Crippen molar-refractivity contribution in [3.63, 3.8) is 0 Å². The van der Waals surface area contributed by atoms with Crippen molar-refractivity contribution in [1.29, 1.82) is 0 Å². The average molecular weight is 469 g/mol. The van der Waals surface area contributed by atoms with Crippen LogP contribution < -0.4 is 0 Å². The molecule has 0 aliphatic carbocycles. The van der Waals surface area contributed by atoms with Crippen molar-refractivity contribution in [1.82, 2.24) is 9.97 Å². The average Bonchev–Trinajstić information content (AvgIpc) is 2.90. The number of aryl methyl sites for hydroxylation is 2. The first-order chi connectivity index (χ1) is 16.9. The Balaban J connectivity index is 1.17. The van der Waals surface area contributed by atoms with Gasteiger partial charge in [-0.3, -0.25) is 9.97 Å². The van der Waals surface area contributed by atoms with Crippen molar-refractivity contribution in [2.24, 2.45) is 0 Å². The number of nitrogens with zero attached hydrogens (tertiary/aromatic N) is 2. The molecular weight excluding hydrogens is 428 g/mol. The lowest BCUT2D eigenvalue weighted by molar-refractivity contribution is -0.163. The molecule has 186 valence electrons. The molecule has 0 aromatic carbocycles. The van der Waals surface area contributed by atoms with Gasteiger partial charge in [0.25, 0.3) is 0 Å². The van der Waals surface area contributed by atoms with Crippen LogP contribution in [0, 0.1) is 0 Å². The maximum absolute atomic E-state index is 5.85. The normalized spacial score (nSPS) is 20.9. The molecular formula is C28H40N2O4. The molecule has 0 saturated carbocycles. The number of unbranched alkanes of at least 4 members (excludes halogenated alkanes) is 2. The SMILES string of the molecule is c1cc(CCCCOC2CCCCO2)cc(-c2cc(CCCCOC3CCCCO3)ccn2)n1. The van der Waals surface area contributed by atoms with Crippen LogP contribution in [0.2, 0.25) is 0 Å². The van der Waals surface area contributed by atoms with Crippen LogP contribution in [0.15, 0.2) is 36.7 Å². The first-order valence-corrected chi connectivity index (χ1v) is 13.2. The molecule has 0 spiro atoms. The molecule has 2 unspecified atom stereocenters. The minimum atomic E-state index is 0.0121. The van der Waals surface area contributed by atoms with Gasteiger partial charge in [0.2, 0.25) is 0 Å². The fraction of sp³-hybridized carbons (Fsp3) is 0.643. The predicted molar refractivity (Wildman–Crippen MR) is 132 cm³/mol. The maximum atomic E-state index is 5.85. The Kier molecular flexibility index (Phi) is 10.8. The molecule has 0 radical (unpaired) electrons. The summed E-state index contributed by atoms with van der Waals surface area (Å²) in [6.45, 7) is 3.21. The summed E-state index contributed by atoms with van der Waals surface area (Å²) in [6, 6.07) is 8.56. The molecule has 2 aliphatic heterocycles. The van der Waals surface area contributed by atoms with Gasteiger partial charge in [0.1, 0.15) is 0 Å². The quantitative estimate of drug-likeness (QED) is 0.342. The summed E-state index contributed by atoms with van der Waals surface area (Å²) < 4.78 is 23.0. The van der Waals surface area contributed by atoms with E-state index in [1.807, 2.05) is 12.4 Å². The minimum absolute atomic E-state index is 0.0121. The highest BCUT2D eigenvalue weighted by Gasteiger charge is 2.14. The van der Waals surface area contributed by atoms with E-state index in [0.717, 1.165) is 102 Å². The van der Waals surface area contributed by atoms with E-state index in [1.165, 1.54) is 24.0 Å². The first kappa shape index (κ1) is 25.2. The Morgan fingerprint density at radius 3 is 1.62 bits per heavy atom. The number of hydrogen-bond donors (Lipinski definition) is 0. The van der Waals surface area contributed by atoms with Crippen molar-refractivity contribution in [2.75, 3.05) is 26.4 Å². The molecule has 4 rings (SSSR count). The van der Waals surface area contributed by atoms with Crippen LogP contribution in [0.4, 0.5) is 0 Å². The summed E-state index contributed by atoms with van der Waals surface area (Å²) in [4.78, 5) is 9.16. The van der Waals surface area contributed by atoms with Gasteiger partial charge in [0, 0.05) is 38.8 Å². The Labute approximate surface area is 204 Å². The van der Waals surface area contributed by atoms with Gasteiger partial charge < -0.3 is 18.9 Å². The molecule has 6 heteroatoms. The zero-order valence-electron chi connectivity index (χ0n) is 20.5. The van der Waals surface area contributed by atoms with E-state index in [4.69, 9.17) is 18.9 Å². The van der Waals surface area contributed by atoms with Gasteiger partial charge in [-0.2, -0.15) is 0 Å². The van der Waals surface area contributed by atoms with Crippen molar-refractivity contribution in [3.05, 3.63) is 47.8 Å². The molecule has 0 N–H and O–H groups in total. The molecule has 2 aromatic rings. The molecule has 6 nitrogen and oxygen atoms in total. The van der Waals surface area contributed by atoms with Gasteiger partial charge >= 0.3 is 0 Å². The second-order valence-electron chi connectivity index (χ2n) is 9.35. The molecule has 4 heterocycles. The maximum Gasteiger partial charge on any atom is 0.157 e. The molecule has 0 bridgehead atoms. The Bertz CT molecular complexity index is 765. The van der Waals surface area contributed by atoms with E-state index in [2.05, 4.69) is 34.2 Å². The van der Waals surface area contributed by atoms with Gasteiger partial charge in [-0.25, -0.2) is 0 Å². The monoisotopic (exact) mass is 468 g/mol. The van der Waals surface area contributed by atoms with E-state index in [-0.39, 0.29) is 12.6 Å². The summed E-state index contributed by atoms with van der Waals surface area (Å²) in [7, 11) is 0. The van der Waals surface area contributed by atoms with E-state index >= 15 is 0 Å². The molecule has 2 fully saturated rings. The van der Waals surface area contributed by atoms with Crippen LogP contribution in [0.1, 0.15) is 75.3 Å². The van der Waals surface area contributed by atoms with Crippen LogP contribution >= 0.6 is 0 Å². The molecule has 2 aromatic heterocycles. The molecule has 2 atom stereocenters. The Morgan fingerprint density at radius 2 is 1.18 bits per heavy atom. The summed E-state index contributed by atoms with van der Waals surface area (Å²) in [5.41, 5.74) is 4.49. The van der Waals surface area contributed by atoms with Crippen LogP contribution in [-0.2, 0) is 31.8 Å². The second-order valence-corrected chi connectivity index (χ2v) is 9.35. The van der Waals surface area contributed by atoms with Gasteiger partial charge in [-0.1, -0.05) is 0 Å². The van der Waals surface area contributed by atoms with Crippen molar-refractivity contribution in [2.45, 2.75) is 89.6 Å². The lowest BCUT2D eigenvalue weighted by atomic mass is 10.1. The van der Waals surface area contributed by atoms with Crippen molar-refractivity contribution >= 4 is 0 Å². The fourth-order valence-electron chi connectivity index (χ4n) is 4.52. The standard InChI is InChI=1S/C28H40N2O4/c1(5-17-31-27-11-3-7-19-33-27)9-23-13-15-29-25(21-23)26-22-24(14-16-30-26)10-2-6-18-32-28-12-4-8-20-34-28/h13-16,21-22,27-28H,1-12,17-20H2. The lowest BCUT2D eigenvalue weighted by Crippen LogP contribution is -2.22. The van der Waals surface area contributed by atoms with Crippen LogP contribution in [0.5, 0.6) is 0 Å². The molecule has 0 amide bonds. The lowest BCUT2D eigenvalue weighted by Gasteiger charge is -2.22. The van der Waals surface area contributed by atoms with Crippen LogP contribution in [0.3, 0.4) is 0 Å². The zero-order valence-corrected chi connectivity index (χ0v) is 20.5. The highest BCUT2D eigenvalue weighted by Crippen LogP contribution is 2.20. The number of rotatable bonds is 13. The first-order valence-electron chi connectivity index (χ1n) is 13.2. The minimum Gasteiger partial charge on any atom is -0.353 e. The van der Waals surface area contributed by atoms with Crippen LogP contribution in [-0.4, -0.2) is 49.0 Å². The number of hydrogen-bond acceptors (Lipinski definition) is 6. The van der Waals surface area contributed by atoms with Crippen molar-refractivity contribution in [3.8, 4) is 11.4 Å². The second kappa shape index (κ2) is 14.5. The zero-order chi connectivity index (χ0) is 23.3. The van der Waals surface area contributed by atoms with E-state index in [0.29, 0.717) is 0 Å². The molecule has 34 heavy (non-hydrogen) atoms. The highest BCUT2D eigenvalue weighted by molar-refractivity contribution is 5.55. The van der Waals surface area contributed by atoms with E-state index in [1.54, 1.807) is 0 Å². The smallest absolute Gasteiger partial charge is 0.157 e. The highest BCUT2D eigenvalue weighted by atomic mass is 16.7. The van der Waals surface area contributed by atoms with Gasteiger partial charge in [-0.15, -0.1) is 0 Å². The summed E-state index contributed by atoms with van der Waals surface area (Å²) >= 11 is 0. The van der Waals surface area contributed by atoms with Gasteiger partial charge in [-0.05, 0) is 112 Å². The summed E-state index contributed by atoms with van der Waals surface area (Å²) in [5.74, 6) is 0. The number of aromatic nitrogens is 2. The Morgan fingerprint density at radius 1 is 0.676 bits per heavy atom. The molecule has 2 saturated heterocycles. The predicted octanol–water partition coefficient (Wildman–Crippen LogP) is 5.88. The van der Waals surface area contributed by atoms with Gasteiger partial charge in [0.15, 0.2) is 12.6 Å². The van der Waals surface area contributed by atoms with E-state index in [9.17, 15) is 0 Å². The topological polar surface area (TPSA) is 62.7 Å². The third-order valence-corrected chi connectivity index (χ3v) is 6.51. The number of ether oxygens (including phenoxy) is 4. The third kappa shape index (κ3) is 8.73. The van der Waals surface area contributed by atoms with Crippen LogP contribution in [0.25, 0.3) is 11.4 Å².